The van der Waals surface area contributed by atoms with E-state index in [1.807, 2.05) is 0 Å². The molecule has 0 saturated carbocycles. The summed E-state index contributed by atoms with van der Waals surface area (Å²) in [5.41, 5.74) is 30.5. The van der Waals surface area contributed by atoms with Crippen LogP contribution < -0.4 is 4.91 Å². The Morgan fingerprint density at radius 2 is 1.23 bits per heavy atom. The molecule has 0 aliphatic rings. The van der Waals surface area contributed by atoms with E-state index >= 15 is 0 Å². The van der Waals surface area contributed by atoms with Crippen molar-refractivity contribution in [2.24, 2.45) is 13.5 Å². The molecule has 0 rings (SSSR count). The number of nitrogens with one attached hydrogen (secondary N) is 1. The van der Waals surface area contributed by atoms with E-state index in [9.17, 15) is 0 Å². The van der Waals surface area contributed by atoms with Gasteiger partial charge in [0.25, 0.3) is 0 Å². The first kappa shape index (κ1) is 11.0. The zero-order valence-corrected chi connectivity index (χ0v) is 8.16. The van der Waals surface area contributed by atoms with Gasteiger partial charge in [0.05, 0.1) is 0 Å². The molecule has 1 N–H and O–H groups in total. The molecule has 0 spiro atoms. The molecule has 13 heteroatoms. The Balaban J connectivity index is 5.52. The second-order valence-electron chi connectivity index (χ2n) is 1.18. The molecule has 65 valence electrons. The van der Waals surface area contributed by atoms with Crippen LogP contribution in [0.1, 0.15) is 0 Å². The summed E-state index contributed by atoms with van der Waals surface area (Å²) in [5, 5.41) is 0. The van der Waals surface area contributed by atoms with Crippen LogP contribution in [0.5, 0.6) is 0 Å². The molecule has 0 aromatic carbocycles. The summed E-state index contributed by atoms with van der Waals surface area (Å²) in [6, 6.07) is 0. The Morgan fingerprint density at radius 3 is 1.46 bits per heavy atom. The Bertz CT molecular complexity index is 284. The van der Waals surface area contributed by atoms with Crippen molar-refractivity contribution >= 4 is 19.3 Å². The first-order valence-corrected chi connectivity index (χ1v) is 6.52. The van der Waals surface area contributed by atoms with Crippen LogP contribution in [0.4, 0.5) is 0 Å². The van der Waals surface area contributed by atoms with Crippen LogP contribution in [0.25, 0.3) is 31.3 Å². The molecule has 0 saturated heterocycles. The fraction of sp³-hybridized carbons (Fsp3) is 0. The minimum absolute atomic E-state index is 2.31. The molecule has 0 aliphatic carbocycles. The molecule has 0 fully saturated rings. The molecule has 0 aromatic heterocycles. The maximum absolute atomic E-state index is 8.06. The van der Waals surface area contributed by atoms with E-state index in [2.05, 4.69) is 33.1 Å². The van der Waals surface area contributed by atoms with Crippen molar-refractivity contribution in [2.75, 3.05) is 0 Å². The molecule has 0 unspecified atom stereocenters. The fourth-order valence-electron chi connectivity index (χ4n) is 0.300. The summed E-state index contributed by atoms with van der Waals surface area (Å²) < 4.78 is 12.0. The van der Waals surface area contributed by atoms with Gasteiger partial charge in [-0.15, -0.1) is 0 Å². The summed E-state index contributed by atoms with van der Waals surface area (Å²) in [6.07, 6.45) is 0. The van der Waals surface area contributed by atoms with E-state index in [1.54, 1.807) is 0 Å². The molecular weight excluding hydrogens is 296 g/mol. The number of rotatable bonds is 4. The zero-order valence-electron chi connectivity index (χ0n) is 5.83. The quantitative estimate of drug-likeness (QED) is 0.342. The van der Waals surface area contributed by atoms with Crippen LogP contribution in [0.15, 0.2) is 13.5 Å². The van der Waals surface area contributed by atoms with Crippen molar-refractivity contribution in [3.63, 3.8) is 0 Å². The maximum atomic E-state index is 8.06. The Hall–Kier alpha value is -1.97. The molecule has 0 amide bonds. The predicted molar refractivity (Wildman–Crippen MR) is 40.5 cm³/mol. The van der Waals surface area contributed by atoms with E-state index in [0.717, 1.165) is 0 Å². The average Bonchev–Trinajstić information content (AvgIpc) is 2.06. The van der Waals surface area contributed by atoms with Gasteiger partial charge in [0.1, 0.15) is 0 Å². The van der Waals surface area contributed by atoms with Crippen molar-refractivity contribution in [1.82, 2.24) is 4.91 Å². The van der Waals surface area contributed by atoms with Crippen LogP contribution in [-0.4, -0.2) is 19.3 Å². The van der Waals surface area contributed by atoms with E-state index in [-0.39, 0.29) is 0 Å². The minimum atomic E-state index is -4.45. The fourth-order valence-corrected chi connectivity index (χ4v) is 2.01. The van der Waals surface area contributed by atoms with Gasteiger partial charge in [0.15, 0.2) is 0 Å². The van der Waals surface area contributed by atoms with Gasteiger partial charge >= 0.3 is 74.5 Å². The van der Waals surface area contributed by atoms with Crippen molar-refractivity contribution in [1.29, 1.82) is 5.53 Å². The summed E-state index contributed by atoms with van der Waals surface area (Å²) in [7, 11) is 0. The van der Waals surface area contributed by atoms with Crippen LogP contribution in [0, 0.1) is 5.53 Å². The van der Waals surface area contributed by atoms with Crippen LogP contribution in [0.2, 0.25) is 0 Å². The number of hydrogen-bond donors (Lipinski definition) is 1. The molecule has 13 heavy (non-hydrogen) atoms. The third-order valence-electron chi connectivity index (χ3n) is 0.589. The van der Waals surface area contributed by atoms with Crippen LogP contribution in [0.3, 0.4) is 0 Å². The molecule has 0 bridgehead atoms. The monoisotopic (exact) mass is 299 g/mol. The summed E-state index contributed by atoms with van der Waals surface area (Å²) in [6.45, 7) is 0. The van der Waals surface area contributed by atoms with Crippen molar-refractivity contribution in [2.45, 2.75) is 0 Å². The van der Waals surface area contributed by atoms with Gasteiger partial charge in [-0.3, -0.25) is 0 Å². The molecule has 0 heterocycles. The van der Waals surface area contributed by atoms with Gasteiger partial charge in [-0.1, -0.05) is 0 Å². The molecule has 0 aromatic rings. The van der Waals surface area contributed by atoms with Gasteiger partial charge < -0.3 is 0 Å². The Labute approximate surface area is 74.9 Å². The van der Waals surface area contributed by atoms with Gasteiger partial charge in [0, 0.05) is 0 Å². The summed E-state index contributed by atoms with van der Waals surface area (Å²) in [4.78, 5) is 9.45. The van der Waals surface area contributed by atoms with Gasteiger partial charge in [0.2, 0.25) is 0 Å². The average molecular weight is 297 g/mol. The number of azide groups is 1. The molecule has 0 atom stereocenters. The third kappa shape index (κ3) is 3.29. The first-order chi connectivity index (χ1) is 6.24. The predicted octanol–water partition coefficient (Wildman–Crippen LogP) is 1.90. The third-order valence-corrected chi connectivity index (χ3v) is 3.95. The first-order valence-electron chi connectivity index (χ1n) is 2.35. The Kier molecular flexibility index (Phi) is 4.79. The Morgan fingerprint density at radius 1 is 0.846 bits per heavy atom. The molecule has 1 radical (unpaired) electrons. The zero-order chi connectivity index (χ0) is 10.2. The van der Waals surface area contributed by atoms with Crippen molar-refractivity contribution < 1.29 is 0 Å². The van der Waals surface area contributed by atoms with E-state index < -0.39 is 19.3 Å². The van der Waals surface area contributed by atoms with E-state index in [1.165, 1.54) is 0 Å². The van der Waals surface area contributed by atoms with Gasteiger partial charge in [-0.05, 0) is 0 Å². The summed E-state index contributed by atoms with van der Waals surface area (Å²) in [5.74, 6) is 0. The topological polar surface area (TPSA) is 197 Å². The number of nitrogens with zero attached hydrogens (tertiary/aromatic N) is 11. The molecular formula is HN12Te+2. The normalized spacial score (nSPS) is 11.7. The van der Waals surface area contributed by atoms with E-state index in [0.29, 0.717) is 0 Å². The molecule has 0 aliphatic heterocycles. The molecule has 12 nitrogen and oxygen atoms in total. The van der Waals surface area contributed by atoms with Gasteiger partial charge in [-0.2, -0.15) is 0 Å². The van der Waals surface area contributed by atoms with E-state index in [4.69, 9.17) is 22.1 Å². The van der Waals surface area contributed by atoms with Gasteiger partial charge in [-0.25, -0.2) is 0 Å². The second kappa shape index (κ2) is 5.65. The van der Waals surface area contributed by atoms with Crippen molar-refractivity contribution in [3.05, 3.63) is 31.3 Å². The number of hydrogen-bond acceptors (Lipinski definition) is 5. The van der Waals surface area contributed by atoms with Crippen LogP contribution in [-0.2, 0) is 0 Å². The van der Waals surface area contributed by atoms with Crippen LogP contribution >= 0.6 is 0 Å². The van der Waals surface area contributed by atoms with Crippen molar-refractivity contribution in [3.8, 4) is 0 Å². The standard InChI is InChI=1S/HN12Te/c1-5-9-13(10-6-2,11-7-3)12-8-4/h1H/q+2. The summed E-state index contributed by atoms with van der Waals surface area (Å²) >= 11 is -4.45. The SMILES string of the molecule is [N-]=[N+]=N[Te+](N=[N+]=[N-])(N=[N+]=[N-])N=[N+]=N. The second-order valence-corrected chi connectivity index (χ2v) is 5.85.